The first-order valence-electron chi connectivity index (χ1n) is 9.91. The Morgan fingerprint density at radius 2 is 1.93 bits per heavy atom. The molecule has 0 atom stereocenters. The number of benzene rings is 1. The number of rotatable bonds is 4. The molecule has 0 radical (unpaired) electrons. The highest BCUT2D eigenvalue weighted by atomic mass is 32.2. The fraction of sp³-hybridized carbons (Fsp3) is 0.333. The van der Waals surface area contributed by atoms with Crippen LogP contribution in [0.15, 0.2) is 29.2 Å². The number of carbonyl (C=O) groups excluding carboxylic acids is 2. The van der Waals surface area contributed by atoms with Gasteiger partial charge in [-0.25, -0.2) is 9.50 Å². The van der Waals surface area contributed by atoms with E-state index in [0.29, 0.717) is 16.5 Å². The van der Waals surface area contributed by atoms with Crippen LogP contribution < -0.4 is 10.1 Å². The van der Waals surface area contributed by atoms with Crippen LogP contribution in [0.4, 0.5) is 4.79 Å². The third-order valence-corrected chi connectivity index (χ3v) is 7.36. The largest absolute Gasteiger partial charge is 0.497 e. The molecule has 3 heterocycles. The molecule has 154 valence electrons. The van der Waals surface area contributed by atoms with E-state index in [1.807, 2.05) is 28.8 Å². The molecule has 2 aliphatic rings. The summed E-state index contributed by atoms with van der Waals surface area (Å²) in [6.45, 7) is 0. The zero-order valence-electron chi connectivity index (χ0n) is 16.4. The van der Waals surface area contributed by atoms with Crippen LogP contribution in [0.1, 0.15) is 48.7 Å². The van der Waals surface area contributed by atoms with Gasteiger partial charge in [0.05, 0.1) is 23.4 Å². The standard InChI is InChI=1S/C21H20N4O3S2/c1-28-14-9-7-12(8-10-14)17-15(11-16-18(26)23-21(27)29-16)25-20(22-17)30-19(24-25)13-5-3-2-4-6-13/h7-11,13H,2-6H2,1H3,(H,23,26,27)/b16-11-. The quantitative estimate of drug-likeness (QED) is 0.585. The summed E-state index contributed by atoms with van der Waals surface area (Å²) in [6.07, 6.45) is 7.79. The molecule has 0 bridgehead atoms. The second-order valence-corrected chi connectivity index (χ2v) is 9.40. The molecule has 9 heteroatoms. The number of methoxy groups -OCH3 is 1. The van der Waals surface area contributed by atoms with Crippen molar-refractivity contribution >= 4 is 45.3 Å². The zero-order chi connectivity index (χ0) is 20.7. The molecular formula is C21H20N4O3S2. The van der Waals surface area contributed by atoms with Crippen LogP contribution >= 0.6 is 23.1 Å². The van der Waals surface area contributed by atoms with Crippen molar-refractivity contribution in [1.82, 2.24) is 19.9 Å². The molecular weight excluding hydrogens is 420 g/mol. The molecule has 1 aliphatic heterocycles. The second-order valence-electron chi connectivity index (χ2n) is 7.40. The van der Waals surface area contributed by atoms with Crippen molar-refractivity contribution in [2.24, 2.45) is 0 Å². The van der Waals surface area contributed by atoms with Crippen molar-refractivity contribution < 1.29 is 14.3 Å². The summed E-state index contributed by atoms with van der Waals surface area (Å²) >= 11 is 2.51. The molecule has 2 fully saturated rings. The number of nitrogens with zero attached hydrogens (tertiary/aromatic N) is 3. The second kappa shape index (κ2) is 7.88. The Bertz CT molecular complexity index is 1160. The zero-order valence-corrected chi connectivity index (χ0v) is 18.0. The van der Waals surface area contributed by atoms with Gasteiger partial charge in [-0.1, -0.05) is 30.6 Å². The molecule has 1 saturated heterocycles. The van der Waals surface area contributed by atoms with Gasteiger partial charge in [0.2, 0.25) is 4.96 Å². The number of thioether (sulfide) groups is 1. The third kappa shape index (κ3) is 3.52. The van der Waals surface area contributed by atoms with Crippen LogP contribution in [0, 0.1) is 0 Å². The number of hydrogen-bond donors (Lipinski definition) is 1. The van der Waals surface area contributed by atoms with Gasteiger partial charge in [-0.3, -0.25) is 14.9 Å². The summed E-state index contributed by atoms with van der Waals surface area (Å²) < 4.78 is 7.07. The normalized spacial score (nSPS) is 19.0. The summed E-state index contributed by atoms with van der Waals surface area (Å²) in [5, 5.41) is 7.92. The summed E-state index contributed by atoms with van der Waals surface area (Å²) in [4.78, 5) is 29.8. The minimum absolute atomic E-state index is 0.351. The molecule has 5 rings (SSSR count). The Labute approximate surface area is 181 Å². The summed E-state index contributed by atoms with van der Waals surface area (Å²) in [6, 6.07) is 7.62. The smallest absolute Gasteiger partial charge is 0.290 e. The molecule has 2 amide bonds. The van der Waals surface area contributed by atoms with Gasteiger partial charge in [-0.15, -0.1) is 0 Å². The number of fused-ring (bicyclic) bond motifs is 1. The van der Waals surface area contributed by atoms with E-state index in [2.05, 4.69) is 5.32 Å². The Morgan fingerprint density at radius 3 is 2.60 bits per heavy atom. The van der Waals surface area contributed by atoms with Gasteiger partial charge in [0, 0.05) is 11.5 Å². The van der Waals surface area contributed by atoms with E-state index in [1.165, 1.54) is 19.3 Å². The SMILES string of the molecule is COc1ccc(-c2nc3sc(C4CCCCC4)nn3c2/C=C2\SC(=O)NC2=O)cc1. The average Bonchev–Trinajstić information content (AvgIpc) is 3.42. The predicted octanol–water partition coefficient (Wildman–Crippen LogP) is 4.84. The van der Waals surface area contributed by atoms with Gasteiger partial charge in [0.15, 0.2) is 0 Å². The van der Waals surface area contributed by atoms with Crippen LogP contribution in [0.3, 0.4) is 0 Å². The maximum Gasteiger partial charge on any atom is 0.290 e. The van der Waals surface area contributed by atoms with E-state index in [4.69, 9.17) is 14.8 Å². The van der Waals surface area contributed by atoms with E-state index < -0.39 is 0 Å². The third-order valence-electron chi connectivity index (χ3n) is 5.48. The summed E-state index contributed by atoms with van der Waals surface area (Å²) in [5.41, 5.74) is 2.34. The van der Waals surface area contributed by atoms with Crippen molar-refractivity contribution in [3.63, 3.8) is 0 Å². The first-order chi connectivity index (χ1) is 14.6. The van der Waals surface area contributed by atoms with Crippen molar-refractivity contribution in [3.8, 4) is 17.0 Å². The number of imide groups is 1. The van der Waals surface area contributed by atoms with E-state index in [9.17, 15) is 9.59 Å². The summed E-state index contributed by atoms with van der Waals surface area (Å²) in [7, 11) is 1.63. The molecule has 1 aliphatic carbocycles. The highest BCUT2D eigenvalue weighted by Crippen LogP contribution is 2.38. The lowest BCUT2D eigenvalue weighted by Crippen LogP contribution is -2.17. The minimum atomic E-state index is -0.386. The van der Waals surface area contributed by atoms with Crippen molar-refractivity contribution in [2.45, 2.75) is 38.0 Å². The van der Waals surface area contributed by atoms with Crippen LogP contribution in [0.2, 0.25) is 0 Å². The fourth-order valence-electron chi connectivity index (χ4n) is 3.93. The maximum atomic E-state index is 12.1. The van der Waals surface area contributed by atoms with Gasteiger partial charge in [0.25, 0.3) is 11.1 Å². The van der Waals surface area contributed by atoms with Gasteiger partial charge in [-0.05, 0) is 54.9 Å². The first-order valence-corrected chi connectivity index (χ1v) is 11.5. The number of carbonyl (C=O) groups is 2. The topological polar surface area (TPSA) is 85.6 Å². The number of ether oxygens (including phenoxy) is 1. The molecule has 3 aromatic rings. The minimum Gasteiger partial charge on any atom is -0.497 e. The Morgan fingerprint density at radius 1 is 1.17 bits per heavy atom. The van der Waals surface area contributed by atoms with Crippen LogP contribution in [-0.4, -0.2) is 32.9 Å². The molecule has 7 nitrogen and oxygen atoms in total. The van der Waals surface area contributed by atoms with E-state index in [1.54, 1.807) is 24.5 Å². The monoisotopic (exact) mass is 440 g/mol. The number of hydrogen-bond acceptors (Lipinski definition) is 7. The molecule has 1 saturated carbocycles. The average molecular weight is 441 g/mol. The van der Waals surface area contributed by atoms with Crippen molar-refractivity contribution in [1.29, 1.82) is 0 Å². The van der Waals surface area contributed by atoms with Gasteiger partial charge >= 0.3 is 0 Å². The highest BCUT2D eigenvalue weighted by molar-refractivity contribution is 8.18. The van der Waals surface area contributed by atoms with Gasteiger partial charge in [0.1, 0.15) is 10.8 Å². The number of aromatic nitrogens is 3. The molecule has 1 aromatic carbocycles. The lowest BCUT2D eigenvalue weighted by atomic mass is 9.90. The fourth-order valence-corrected chi connectivity index (χ4v) is 5.66. The Kier molecular flexibility index (Phi) is 5.08. The summed E-state index contributed by atoms with van der Waals surface area (Å²) in [5.74, 6) is 0.846. The number of nitrogens with one attached hydrogen (secondary N) is 1. The Hall–Kier alpha value is -2.65. The lowest BCUT2D eigenvalue weighted by molar-refractivity contribution is -0.115. The van der Waals surface area contributed by atoms with E-state index in [0.717, 1.165) is 51.6 Å². The van der Waals surface area contributed by atoms with E-state index >= 15 is 0 Å². The molecule has 0 spiro atoms. The molecule has 30 heavy (non-hydrogen) atoms. The molecule has 1 N–H and O–H groups in total. The lowest BCUT2D eigenvalue weighted by Gasteiger charge is -2.18. The maximum absolute atomic E-state index is 12.1. The number of amides is 2. The van der Waals surface area contributed by atoms with Crippen LogP contribution in [0.25, 0.3) is 22.3 Å². The highest BCUT2D eigenvalue weighted by Gasteiger charge is 2.28. The van der Waals surface area contributed by atoms with Crippen LogP contribution in [-0.2, 0) is 4.79 Å². The predicted molar refractivity (Wildman–Crippen MR) is 118 cm³/mol. The van der Waals surface area contributed by atoms with E-state index in [-0.39, 0.29) is 11.1 Å². The van der Waals surface area contributed by atoms with Gasteiger partial charge in [-0.2, -0.15) is 5.10 Å². The molecule has 0 unspecified atom stereocenters. The van der Waals surface area contributed by atoms with Crippen molar-refractivity contribution in [3.05, 3.63) is 39.9 Å². The van der Waals surface area contributed by atoms with Crippen LogP contribution in [0.5, 0.6) is 5.75 Å². The number of imidazole rings is 1. The molecule has 2 aromatic heterocycles. The first kappa shape index (κ1) is 19.3. The Balaban J connectivity index is 1.63. The van der Waals surface area contributed by atoms with Crippen molar-refractivity contribution in [2.75, 3.05) is 7.11 Å². The van der Waals surface area contributed by atoms with Gasteiger partial charge < -0.3 is 4.74 Å².